The third-order valence-corrected chi connectivity index (χ3v) is 3.05. The molecule has 1 aromatic heterocycles. The first-order valence-electron chi connectivity index (χ1n) is 6.18. The van der Waals surface area contributed by atoms with Crippen molar-refractivity contribution in [2.75, 3.05) is 38.8 Å². The van der Waals surface area contributed by atoms with E-state index in [1.165, 1.54) is 6.26 Å². The number of nitrogens with zero attached hydrogens (tertiary/aromatic N) is 1. The lowest BCUT2D eigenvalue weighted by atomic mass is 10.0. The van der Waals surface area contributed by atoms with E-state index in [1.807, 2.05) is 0 Å². The van der Waals surface area contributed by atoms with Gasteiger partial charge in [0.2, 0.25) is 0 Å². The molecule has 0 aromatic carbocycles. The summed E-state index contributed by atoms with van der Waals surface area (Å²) in [6.45, 7) is 3.75. The molecule has 19 heavy (non-hydrogen) atoms. The van der Waals surface area contributed by atoms with Gasteiger partial charge in [-0.05, 0) is 6.92 Å². The standard InChI is InChI=1S/C12H18N2O5/c1-3-18-10(15)9-6-19-11(14-9)13-7-12(16-2)4-5-17-8-12/h6H,3-5,7-8H2,1-2H3,(H,13,14). The summed E-state index contributed by atoms with van der Waals surface area (Å²) in [7, 11) is 1.65. The fourth-order valence-electron chi connectivity index (χ4n) is 1.85. The molecule has 7 heteroatoms. The van der Waals surface area contributed by atoms with Crippen LogP contribution >= 0.6 is 0 Å². The summed E-state index contributed by atoms with van der Waals surface area (Å²) in [6.07, 6.45) is 2.08. The van der Waals surface area contributed by atoms with Crippen molar-refractivity contribution >= 4 is 12.0 Å². The van der Waals surface area contributed by atoms with Crippen LogP contribution in [0.3, 0.4) is 0 Å². The van der Waals surface area contributed by atoms with Crippen molar-refractivity contribution < 1.29 is 23.4 Å². The van der Waals surface area contributed by atoms with Gasteiger partial charge in [-0.3, -0.25) is 0 Å². The highest BCUT2D eigenvalue weighted by Gasteiger charge is 2.35. The molecule has 1 aliphatic heterocycles. The first-order valence-corrected chi connectivity index (χ1v) is 6.18. The van der Waals surface area contributed by atoms with Crippen LogP contribution in [-0.4, -0.2) is 50.0 Å². The number of methoxy groups -OCH3 is 1. The molecule has 2 heterocycles. The molecule has 1 aromatic rings. The average Bonchev–Trinajstić information content (AvgIpc) is 3.07. The minimum atomic E-state index is -0.495. The van der Waals surface area contributed by atoms with E-state index in [0.717, 1.165) is 6.42 Å². The van der Waals surface area contributed by atoms with Gasteiger partial charge in [-0.1, -0.05) is 0 Å². The number of esters is 1. The van der Waals surface area contributed by atoms with Gasteiger partial charge in [-0.2, -0.15) is 4.98 Å². The molecule has 1 unspecified atom stereocenters. The second kappa shape index (κ2) is 6.03. The van der Waals surface area contributed by atoms with E-state index in [-0.39, 0.29) is 17.3 Å². The third-order valence-electron chi connectivity index (χ3n) is 3.05. The third kappa shape index (κ3) is 3.24. The van der Waals surface area contributed by atoms with E-state index in [9.17, 15) is 4.79 Å². The molecule has 0 spiro atoms. The van der Waals surface area contributed by atoms with Crippen LogP contribution in [0.5, 0.6) is 0 Å². The summed E-state index contributed by atoms with van der Waals surface area (Å²) in [5.74, 6) is -0.495. The Hall–Kier alpha value is -1.60. The maximum absolute atomic E-state index is 11.4. The van der Waals surface area contributed by atoms with Gasteiger partial charge in [0.1, 0.15) is 11.9 Å². The number of hydrogen-bond donors (Lipinski definition) is 1. The van der Waals surface area contributed by atoms with E-state index in [1.54, 1.807) is 14.0 Å². The second-order valence-electron chi connectivity index (χ2n) is 4.30. The van der Waals surface area contributed by atoms with Crippen LogP contribution in [0.4, 0.5) is 6.01 Å². The number of ether oxygens (including phenoxy) is 3. The fraction of sp³-hybridized carbons (Fsp3) is 0.667. The summed E-state index contributed by atoms with van der Waals surface area (Å²) in [6, 6.07) is 0.270. The van der Waals surface area contributed by atoms with Gasteiger partial charge in [-0.15, -0.1) is 0 Å². The van der Waals surface area contributed by atoms with Crippen LogP contribution in [0.15, 0.2) is 10.7 Å². The van der Waals surface area contributed by atoms with Crippen LogP contribution in [0.25, 0.3) is 0 Å². The van der Waals surface area contributed by atoms with E-state index >= 15 is 0 Å². The van der Waals surface area contributed by atoms with Gasteiger partial charge in [0.25, 0.3) is 6.01 Å². The Kier molecular flexibility index (Phi) is 4.39. The molecule has 1 N–H and O–H groups in total. The van der Waals surface area contributed by atoms with E-state index in [2.05, 4.69) is 10.3 Å². The SMILES string of the molecule is CCOC(=O)c1coc(NCC2(OC)CCOC2)n1. The van der Waals surface area contributed by atoms with Crippen molar-refractivity contribution in [3.8, 4) is 0 Å². The highest BCUT2D eigenvalue weighted by Crippen LogP contribution is 2.23. The molecule has 2 rings (SSSR count). The summed E-state index contributed by atoms with van der Waals surface area (Å²) in [5, 5.41) is 3.01. The Balaban J connectivity index is 1.91. The zero-order chi connectivity index (χ0) is 13.7. The van der Waals surface area contributed by atoms with Gasteiger partial charge in [0.15, 0.2) is 5.69 Å². The van der Waals surface area contributed by atoms with Crippen molar-refractivity contribution in [3.63, 3.8) is 0 Å². The lowest BCUT2D eigenvalue weighted by Gasteiger charge is -2.25. The van der Waals surface area contributed by atoms with Gasteiger partial charge < -0.3 is 23.9 Å². The fourth-order valence-corrected chi connectivity index (χ4v) is 1.85. The maximum atomic E-state index is 11.4. The minimum absolute atomic E-state index is 0.151. The van der Waals surface area contributed by atoms with Crippen LogP contribution in [0, 0.1) is 0 Å². The first kappa shape index (κ1) is 13.8. The number of rotatable bonds is 6. The van der Waals surface area contributed by atoms with Crippen molar-refractivity contribution in [1.29, 1.82) is 0 Å². The zero-order valence-electron chi connectivity index (χ0n) is 11.1. The molecule has 7 nitrogen and oxygen atoms in total. The normalized spacial score (nSPS) is 22.4. The monoisotopic (exact) mass is 270 g/mol. The summed E-state index contributed by atoms with van der Waals surface area (Å²) in [5.41, 5.74) is -0.211. The van der Waals surface area contributed by atoms with Gasteiger partial charge >= 0.3 is 5.97 Å². The van der Waals surface area contributed by atoms with E-state index in [4.69, 9.17) is 18.6 Å². The Morgan fingerprint density at radius 1 is 1.63 bits per heavy atom. The number of oxazole rings is 1. The Labute approximate surface area is 111 Å². The molecule has 1 fully saturated rings. The van der Waals surface area contributed by atoms with Gasteiger partial charge in [0.05, 0.1) is 19.8 Å². The smallest absolute Gasteiger partial charge is 0.360 e. The number of anilines is 1. The second-order valence-corrected chi connectivity index (χ2v) is 4.30. The highest BCUT2D eigenvalue weighted by molar-refractivity contribution is 5.87. The predicted octanol–water partition coefficient (Wildman–Crippen LogP) is 1.07. The highest BCUT2D eigenvalue weighted by atomic mass is 16.6. The van der Waals surface area contributed by atoms with Crippen LogP contribution in [0.2, 0.25) is 0 Å². The van der Waals surface area contributed by atoms with Crippen molar-refractivity contribution in [2.45, 2.75) is 18.9 Å². The zero-order valence-corrected chi connectivity index (χ0v) is 11.1. The molecule has 106 valence electrons. The quantitative estimate of drug-likeness (QED) is 0.774. The Morgan fingerprint density at radius 3 is 3.11 bits per heavy atom. The lowest BCUT2D eigenvalue weighted by molar-refractivity contribution is -0.00653. The molecular weight excluding hydrogens is 252 g/mol. The predicted molar refractivity (Wildman–Crippen MR) is 66.1 cm³/mol. The Morgan fingerprint density at radius 2 is 2.47 bits per heavy atom. The van der Waals surface area contributed by atoms with Crippen LogP contribution in [-0.2, 0) is 14.2 Å². The molecule has 1 saturated heterocycles. The molecule has 0 bridgehead atoms. The minimum Gasteiger partial charge on any atom is -0.461 e. The topological polar surface area (TPSA) is 82.8 Å². The number of carbonyl (C=O) groups excluding carboxylic acids is 1. The number of aromatic nitrogens is 1. The average molecular weight is 270 g/mol. The van der Waals surface area contributed by atoms with Crippen molar-refractivity contribution in [1.82, 2.24) is 4.98 Å². The lowest BCUT2D eigenvalue weighted by Crippen LogP contribution is -2.39. The number of carbonyl (C=O) groups is 1. The summed E-state index contributed by atoms with van der Waals surface area (Å²) >= 11 is 0. The number of hydrogen-bond acceptors (Lipinski definition) is 7. The van der Waals surface area contributed by atoms with E-state index < -0.39 is 5.97 Å². The Bertz CT molecular complexity index is 426. The molecule has 0 radical (unpaired) electrons. The van der Waals surface area contributed by atoms with Crippen LogP contribution in [0.1, 0.15) is 23.8 Å². The molecule has 1 aliphatic rings. The summed E-state index contributed by atoms with van der Waals surface area (Å²) < 4.78 is 20.8. The maximum Gasteiger partial charge on any atom is 0.360 e. The molecule has 0 amide bonds. The van der Waals surface area contributed by atoms with Crippen LogP contribution < -0.4 is 5.32 Å². The molecule has 0 aliphatic carbocycles. The van der Waals surface area contributed by atoms with E-state index in [0.29, 0.717) is 26.4 Å². The molecule has 1 atom stereocenters. The number of nitrogens with one attached hydrogen (secondary N) is 1. The van der Waals surface area contributed by atoms with Crippen molar-refractivity contribution in [2.24, 2.45) is 0 Å². The van der Waals surface area contributed by atoms with Gasteiger partial charge in [-0.25, -0.2) is 4.79 Å². The molecular formula is C12H18N2O5. The first-order chi connectivity index (χ1) is 9.19. The van der Waals surface area contributed by atoms with Crippen molar-refractivity contribution in [3.05, 3.63) is 12.0 Å². The largest absolute Gasteiger partial charge is 0.461 e. The summed E-state index contributed by atoms with van der Waals surface area (Å²) in [4.78, 5) is 15.4. The van der Waals surface area contributed by atoms with Gasteiger partial charge in [0, 0.05) is 20.1 Å². The molecule has 0 saturated carbocycles.